The Morgan fingerprint density at radius 2 is 2.00 bits per heavy atom. The summed E-state index contributed by atoms with van der Waals surface area (Å²) in [4.78, 5) is 5.80. The van der Waals surface area contributed by atoms with Crippen molar-refractivity contribution in [1.82, 2.24) is 10.3 Å². The summed E-state index contributed by atoms with van der Waals surface area (Å²) >= 11 is 1.86. The van der Waals surface area contributed by atoms with Gasteiger partial charge in [-0.25, -0.2) is 0 Å². The Labute approximate surface area is 124 Å². The zero-order valence-corrected chi connectivity index (χ0v) is 12.7. The second-order valence-corrected chi connectivity index (χ2v) is 5.65. The summed E-state index contributed by atoms with van der Waals surface area (Å²) in [5.74, 6) is 1.92. The van der Waals surface area contributed by atoms with Crippen molar-refractivity contribution in [3.8, 4) is 5.75 Å². The molecule has 3 nitrogen and oxygen atoms in total. The molecule has 0 radical (unpaired) electrons. The van der Waals surface area contributed by atoms with E-state index in [1.165, 1.54) is 4.90 Å². The van der Waals surface area contributed by atoms with Gasteiger partial charge in [-0.2, -0.15) is 0 Å². The highest BCUT2D eigenvalue weighted by molar-refractivity contribution is 7.99. The molecule has 0 spiro atoms. The predicted molar refractivity (Wildman–Crippen MR) is 84.4 cm³/mol. The van der Waals surface area contributed by atoms with Gasteiger partial charge in [0.1, 0.15) is 5.75 Å². The van der Waals surface area contributed by atoms with Crippen LogP contribution in [0.3, 0.4) is 0 Å². The van der Waals surface area contributed by atoms with Crippen LogP contribution in [0.5, 0.6) is 5.75 Å². The first-order chi connectivity index (χ1) is 9.78. The van der Waals surface area contributed by atoms with Gasteiger partial charge in [0, 0.05) is 41.6 Å². The van der Waals surface area contributed by atoms with Gasteiger partial charge in [-0.15, -0.1) is 11.8 Å². The molecule has 0 unspecified atom stereocenters. The van der Waals surface area contributed by atoms with Gasteiger partial charge in [0.25, 0.3) is 0 Å². The van der Waals surface area contributed by atoms with E-state index in [4.69, 9.17) is 4.74 Å². The lowest BCUT2D eigenvalue weighted by molar-refractivity contribution is 0.412. The van der Waals surface area contributed by atoms with Crippen LogP contribution in [0.4, 0.5) is 0 Å². The molecule has 0 bridgehead atoms. The molecular formula is C16H20N2OS. The summed E-state index contributed by atoms with van der Waals surface area (Å²) in [6.07, 6.45) is 0. The highest BCUT2D eigenvalue weighted by Crippen LogP contribution is 2.16. The Balaban J connectivity index is 1.72. The van der Waals surface area contributed by atoms with Crippen LogP contribution < -0.4 is 10.1 Å². The van der Waals surface area contributed by atoms with E-state index in [1.807, 2.05) is 36.9 Å². The largest absolute Gasteiger partial charge is 0.497 e. The van der Waals surface area contributed by atoms with Crippen molar-refractivity contribution in [3.05, 3.63) is 53.9 Å². The van der Waals surface area contributed by atoms with Gasteiger partial charge in [0.2, 0.25) is 0 Å². The van der Waals surface area contributed by atoms with Crippen molar-refractivity contribution in [3.63, 3.8) is 0 Å². The number of hydrogen-bond acceptors (Lipinski definition) is 4. The first kappa shape index (κ1) is 14.9. The Morgan fingerprint density at radius 3 is 2.75 bits per heavy atom. The number of aryl methyl sites for hydroxylation is 1. The molecule has 106 valence electrons. The summed E-state index contributed by atoms with van der Waals surface area (Å²) < 4.78 is 5.25. The van der Waals surface area contributed by atoms with E-state index in [-0.39, 0.29) is 0 Å². The average Bonchev–Trinajstić information content (AvgIpc) is 2.47. The van der Waals surface area contributed by atoms with Crippen molar-refractivity contribution < 1.29 is 4.74 Å². The second-order valence-electron chi connectivity index (χ2n) is 4.48. The molecule has 1 aromatic carbocycles. The van der Waals surface area contributed by atoms with Gasteiger partial charge in [-0.3, -0.25) is 4.98 Å². The normalized spacial score (nSPS) is 10.5. The Bertz CT molecular complexity index is 531. The zero-order chi connectivity index (χ0) is 14.2. The van der Waals surface area contributed by atoms with Crippen molar-refractivity contribution in [1.29, 1.82) is 0 Å². The third-order valence-electron chi connectivity index (χ3n) is 2.81. The van der Waals surface area contributed by atoms with Crippen LogP contribution in [0.25, 0.3) is 0 Å². The fourth-order valence-corrected chi connectivity index (χ4v) is 2.72. The molecule has 0 saturated heterocycles. The number of ether oxygens (including phenoxy) is 1. The Kier molecular flexibility index (Phi) is 5.89. The van der Waals surface area contributed by atoms with Crippen LogP contribution in [0.2, 0.25) is 0 Å². The number of aromatic nitrogens is 1. The Hall–Kier alpha value is -1.52. The lowest BCUT2D eigenvalue weighted by Crippen LogP contribution is -2.17. The topological polar surface area (TPSA) is 34.1 Å². The molecule has 2 rings (SSSR count). The monoisotopic (exact) mass is 288 g/mol. The predicted octanol–water partition coefficient (Wildman–Crippen LogP) is 3.28. The molecule has 1 aromatic heterocycles. The van der Waals surface area contributed by atoms with Gasteiger partial charge < -0.3 is 10.1 Å². The van der Waals surface area contributed by atoms with Gasteiger partial charge in [-0.05, 0) is 19.1 Å². The molecule has 0 fully saturated rings. The minimum Gasteiger partial charge on any atom is -0.497 e. The first-order valence-corrected chi connectivity index (χ1v) is 7.66. The number of thioether (sulfide) groups is 1. The number of benzene rings is 1. The van der Waals surface area contributed by atoms with E-state index in [9.17, 15) is 0 Å². The summed E-state index contributed by atoms with van der Waals surface area (Å²) in [7, 11) is 1.68. The minimum atomic E-state index is 0.771. The molecule has 0 saturated carbocycles. The molecule has 0 aliphatic carbocycles. The quantitative estimate of drug-likeness (QED) is 0.626. The number of methoxy groups -OCH3 is 1. The van der Waals surface area contributed by atoms with Gasteiger partial charge in [-0.1, -0.05) is 18.2 Å². The van der Waals surface area contributed by atoms with Crippen LogP contribution in [-0.2, 0) is 6.54 Å². The molecule has 0 aliphatic heterocycles. The third-order valence-corrected chi connectivity index (χ3v) is 3.83. The van der Waals surface area contributed by atoms with E-state index in [0.29, 0.717) is 0 Å². The molecule has 20 heavy (non-hydrogen) atoms. The molecule has 0 atom stereocenters. The van der Waals surface area contributed by atoms with Crippen LogP contribution in [0.15, 0.2) is 47.4 Å². The third kappa shape index (κ3) is 4.87. The summed E-state index contributed by atoms with van der Waals surface area (Å²) in [6.45, 7) is 3.71. The van der Waals surface area contributed by atoms with Gasteiger partial charge >= 0.3 is 0 Å². The van der Waals surface area contributed by atoms with Crippen molar-refractivity contribution in [2.75, 3.05) is 19.4 Å². The average molecular weight is 288 g/mol. The van der Waals surface area contributed by atoms with Gasteiger partial charge in [0.05, 0.1) is 12.8 Å². The first-order valence-electron chi connectivity index (χ1n) is 6.68. The summed E-state index contributed by atoms with van der Waals surface area (Å²) in [5, 5.41) is 3.41. The summed E-state index contributed by atoms with van der Waals surface area (Å²) in [6, 6.07) is 14.4. The number of nitrogens with zero attached hydrogens (tertiary/aromatic N) is 1. The maximum absolute atomic E-state index is 5.25. The fourth-order valence-electron chi connectivity index (χ4n) is 1.89. The van der Waals surface area contributed by atoms with Crippen molar-refractivity contribution in [2.24, 2.45) is 0 Å². The van der Waals surface area contributed by atoms with E-state index in [0.717, 1.165) is 36.0 Å². The molecule has 2 aromatic rings. The molecular weight excluding hydrogens is 268 g/mol. The maximum Gasteiger partial charge on any atom is 0.122 e. The van der Waals surface area contributed by atoms with Crippen molar-refractivity contribution >= 4 is 11.8 Å². The second kappa shape index (κ2) is 7.92. The number of hydrogen-bond donors (Lipinski definition) is 1. The van der Waals surface area contributed by atoms with Crippen LogP contribution in [0.1, 0.15) is 11.4 Å². The van der Waals surface area contributed by atoms with E-state index < -0.39 is 0 Å². The lowest BCUT2D eigenvalue weighted by Gasteiger charge is -2.07. The summed E-state index contributed by atoms with van der Waals surface area (Å²) in [5.41, 5.74) is 2.01. The van der Waals surface area contributed by atoms with E-state index >= 15 is 0 Å². The van der Waals surface area contributed by atoms with Crippen LogP contribution >= 0.6 is 11.8 Å². The number of pyridine rings is 1. The van der Waals surface area contributed by atoms with Crippen molar-refractivity contribution in [2.45, 2.75) is 18.4 Å². The minimum absolute atomic E-state index is 0.771. The molecule has 0 aliphatic rings. The molecule has 1 heterocycles. The van der Waals surface area contributed by atoms with E-state index in [2.05, 4.69) is 34.6 Å². The number of nitrogens with one attached hydrogen (secondary N) is 1. The van der Waals surface area contributed by atoms with Crippen LogP contribution in [-0.4, -0.2) is 24.4 Å². The molecule has 0 amide bonds. The molecule has 4 heteroatoms. The zero-order valence-electron chi connectivity index (χ0n) is 11.9. The Morgan fingerprint density at radius 1 is 1.20 bits per heavy atom. The van der Waals surface area contributed by atoms with Gasteiger partial charge in [0.15, 0.2) is 0 Å². The number of rotatable bonds is 7. The fraction of sp³-hybridized carbons (Fsp3) is 0.312. The van der Waals surface area contributed by atoms with Crippen LogP contribution in [0, 0.1) is 6.92 Å². The molecule has 1 N–H and O–H groups in total. The standard InChI is InChI=1S/C16H20N2OS/c1-13-10-15(19-2)11-14(18-13)12-17-8-9-20-16-6-4-3-5-7-16/h3-7,10-11,17H,8-9,12H2,1-2H3. The highest BCUT2D eigenvalue weighted by Gasteiger charge is 2.00. The van der Waals surface area contributed by atoms with E-state index in [1.54, 1.807) is 7.11 Å². The maximum atomic E-state index is 5.25. The SMILES string of the molecule is COc1cc(C)nc(CNCCSc2ccccc2)c1. The lowest BCUT2D eigenvalue weighted by atomic mass is 10.3. The smallest absolute Gasteiger partial charge is 0.122 e. The highest BCUT2D eigenvalue weighted by atomic mass is 32.2.